The maximum Gasteiger partial charge on any atom is 0.180 e. The Balaban J connectivity index is 2.81. The van der Waals surface area contributed by atoms with Crippen molar-refractivity contribution in [3.05, 3.63) is 0 Å². The number of isothiocyanates is 1. The molecule has 1 fully saturated rings. The first-order chi connectivity index (χ1) is 6.97. The average Bonchev–Trinajstić information content (AvgIpc) is 2.16. The summed E-state index contributed by atoms with van der Waals surface area (Å²) in [7, 11) is 0. The molecule has 0 aliphatic heterocycles. The van der Waals surface area contributed by atoms with Gasteiger partial charge in [0.25, 0.3) is 0 Å². The number of nitrogens with zero attached hydrogens (tertiary/aromatic N) is 3. The van der Waals surface area contributed by atoms with Crippen molar-refractivity contribution in [3.8, 4) is 0 Å². The summed E-state index contributed by atoms with van der Waals surface area (Å²) >= 11 is 4.69. The quantitative estimate of drug-likeness (QED) is 0.397. The maximum absolute atomic E-state index is 4.69. The van der Waals surface area contributed by atoms with Crippen molar-refractivity contribution >= 4 is 17.4 Å². The van der Waals surface area contributed by atoms with Gasteiger partial charge in [-0.1, -0.05) is 6.42 Å². The summed E-state index contributed by atoms with van der Waals surface area (Å²) in [6.45, 7) is 6.11. The van der Waals surface area contributed by atoms with Gasteiger partial charge >= 0.3 is 0 Å². The van der Waals surface area contributed by atoms with E-state index in [0.717, 1.165) is 25.7 Å². The third-order valence-corrected chi connectivity index (χ3v) is 2.54. The van der Waals surface area contributed by atoms with E-state index >= 15 is 0 Å². The van der Waals surface area contributed by atoms with Crippen LogP contribution in [-0.4, -0.2) is 16.4 Å². The monoisotopic (exact) mass is 225 g/mol. The molecule has 15 heavy (non-hydrogen) atoms. The first-order valence-electron chi connectivity index (χ1n) is 5.51. The zero-order valence-corrected chi connectivity index (χ0v) is 10.6. The summed E-state index contributed by atoms with van der Waals surface area (Å²) < 4.78 is 0. The summed E-state index contributed by atoms with van der Waals surface area (Å²) in [4.78, 5) is 4.22. The van der Waals surface area contributed by atoms with Crippen molar-refractivity contribution in [1.29, 1.82) is 0 Å². The Hall–Kier alpha value is -0.600. The van der Waals surface area contributed by atoms with Crippen molar-refractivity contribution in [3.63, 3.8) is 0 Å². The van der Waals surface area contributed by atoms with Gasteiger partial charge in [-0.15, -0.1) is 0 Å². The largest absolute Gasteiger partial charge is 0.200 e. The fraction of sp³-hybridized carbons (Fsp3) is 0.909. The Morgan fingerprint density at radius 2 is 1.73 bits per heavy atom. The third kappa shape index (κ3) is 4.18. The van der Waals surface area contributed by atoms with Gasteiger partial charge in [-0.05, 0) is 58.7 Å². The van der Waals surface area contributed by atoms with Crippen molar-refractivity contribution in [1.82, 2.24) is 0 Å². The highest BCUT2D eigenvalue weighted by Crippen LogP contribution is 2.33. The zero-order chi connectivity index (χ0) is 11.4. The predicted octanol–water partition coefficient (Wildman–Crippen LogP) is 4.00. The summed E-state index contributed by atoms with van der Waals surface area (Å²) in [5.74, 6) is 0. The van der Waals surface area contributed by atoms with Crippen molar-refractivity contribution in [2.45, 2.75) is 64.1 Å². The molecule has 0 N–H and O–H groups in total. The molecule has 1 aliphatic rings. The second-order valence-corrected chi connectivity index (χ2v) is 5.30. The van der Waals surface area contributed by atoms with E-state index in [9.17, 15) is 0 Å². The van der Waals surface area contributed by atoms with Crippen molar-refractivity contribution in [2.24, 2.45) is 15.2 Å². The molecule has 0 unspecified atom stereocenters. The van der Waals surface area contributed by atoms with Crippen molar-refractivity contribution < 1.29 is 0 Å². The Labute approximate surface area is 97.1 Å². The van der Waals surface area contributed by atoms with Crippen LogP contribution in [0.15, 0.2) is 15.2 Å². The molecule has 0 atom stereocenters. The zero-order valence-electron chi connectivity index (χ0n) is 9.79. The Kier molecular flexibility index (Phi) is 4.12. The highest BCUT2D eigenvalue weighted by Gasteiger charge is 2.31. The van der Waals surface area contributed by atoms with Crippen molar-refractivity contribution in [2.75, 3.05) is 0 Å². The van der Waals surface area contributed by atoms with Crippen LogP contribution in [0.1, 0.15) is 52.9 Å². The first kappa shape index (κ1) is 12.5. The standard InChI is InChI=1S/C11H19N3S/c1-10(2,3)13-14-11(12-9-15)7-5-4-6-8-11/h4-8H2,1-3H3. The molecule has 0 amide bonds. The molecule has 1 saturated carbocycles. The lowest BCUT2D eigenvalue weighted by Crippen LogP contribution is -2.27. The number of hydrogen-bond acceptors (Lipinski definition) is 4. The van der Waals surface area contributed by atoms with E-state index in [1.807, 2.05) is 20.8 Å². The van der Waals surface area contributed by atoms with E-state index in [1.165, 1.54) is 6.42 Å². The van der Waals surface area contributed by atoms with E-state index in [0.29, 0.717) is 0 Å². The summed E-state index contributed by atoms with van der Waals surface area (Å²) in [6.07, 6.45) is 5.49. The third-order valence-electron chi connectivity index (χ3n) is 2.44. The van der Waals surface area contributed by atoms with Gasteiger partial charge in [-0.25, -0.2) is 0 Å². The molecule has 0 aromatic carbocycles. The lowest BCUT2D eigenvalue weighted by Gasteiger charge is -2.28. The van der Waals surface area contributed by atoms with E-state index in [1.54, 1.807) is 0 Å². The lowest BCUT2D eigenvalue weighted by molar-refractivity contribution is 0.288. The molecule has 0 aromatic heterocycles. The Bertz CT molecular complexity index is 279. The van der Waals surface area contributed by atoms with Crippen LogP contribution in [0.5, 0.6) is 0 Å². The predicted molar refractivity (Wildman–Crippen MR) is 65.5 cm³/mol. The number of azo groups is 1. The molecule has 0 spiro atoms. The number of thiocarbonyl (C=S) groups is 1. The van der Waals surface area contributed by atoms with Crippen LogP contribution in [0.4, 0.5) is 0 Å². The Morgan fingerprint density at radius 3 is 2.20 bits per heavy atom. The van der Waals surface area contributed by atoms with Crippen LogP contribution in [0, 0.1) is 0 Å². The minimum absolute atomic E-state index is 0.137. The minimum atomic E-state index is -0.396. The van der Waals surface area contributed by atoms with Gasteiger partial charge in [0.2, 0.25) is 0 Å². The fourth-order valence-electron chi connectivity index (χ4n) is 1.68. The van der Waals surface area contributed by atoms with Gasteiger partial charge in [0.05, 0.1) is 10.7 Å². The molecule has 0 bridgehead atoms. The normalized spacial score (nSPS) is 21.3. The van der Waals surface area contributed by atoms with E-state index in [-0.39, 0.29) is 5.54 Å². The number of rotatable bonds is 2. The van der Waals surface area contributed by atoms with Gasteiger partial charge in [0, 0.05) is 0 Å². The second kappa shape index (κ2) is 4.95. The molecule has 0 saturated heterocycles. The van der Waals surface area contributed by atoms with Crippen LogP contribution in [0.25, 0.3) is 0 Å². The van der Waals surface area contributed by atoms with Crippen LogP contribution >= 0.6 is 12.2 Å². The molecule has 0 radical (unpaired) electrons. The van der Waals surface area contributed by atoms with E-state index < -0.39 is 5.66 Å². The minimum Gasteiger partial charge on any atom is -0.200 e. The highest BCUT2D eigenvalue weighted by atomic mass is 32.1. The average molecular weight is 225 g/mol. The SMILES string of the molecule is CC(C)(C)N=NC1(N=C=S)CCCCC1. The molecule has 4 heteroatoms. The van der Waals surface area contributed by atoms with Crippen LogP contribution in [-0.2, 0) is 0 Å². The van der Waals surface area contributed by atoms with E-state index in [4.69, 9.17) is 12.2 Å². The molecule has 0 aromatic rings. The molecular formula is C11H19N3S. The molecule has 1 aliphatic carbocycles. The van der Waals surface area contributed by atoms with Gasteiger partial charge in [-0.3, -0.25) is 0 Å². The van der Waals surface area contributed by atoms with Crippen LogP contribution in [0.3, 0.4) is 0 Å². The molecular weight excluding hydrogens is 206 g/mol. The van der Waals surface area contributed by atoms with Crippen LogP contribution in [0.2, 0.25) is 0 Å². The van der Waals surface area contributed by atoms with Gasteiger partial charge in [0.1, 0.15) is 0 Å². The topological polar surface area (TPSA) is 37.1 Å². The maximum atomic E-state index is 4.69. The van der Waals surface area contributed by atoms with Gasteiger partial charge < -0.3 is 0 Å². The summed E-state index contributed by atoms with van der Waals surface area (Å²) in [5.41, 5.74) is -0.533. The molecule has 84 valence electrons. The lowest BCUT2D eigenvalue weighted by atomic mass is 9.90. The van der Waals surface area contributed by atoms with Crippen LogP contribution < -0.4 is 0 Å². The van der Waals surface area contributed by atoms with Gasteiger partial charge in [0.15, 0.2) is 5.66 Å². The number of aliphatic imine (C=N–C) groups is 1. The summed E-state index contributed by atoms with van der Waals surface area (Å²) in [5, 5.41) is 11.2. The first-order valence-corrected chi connectivity index (χ1v) is 5.91. The van der Waals surface area contributed by atoms with E-state index in [2.05, 4.69) is 20.4 Å². The molecule has 3 nitrogen and oxygen atoms in total. The molecule has 1 rings (SSSR count). The Morgan fingerprint density at radius 1 is 1.13 bits per heavy atom. The smallest absolute Gasteiger partial charge is 0.180 e. The van der Waals surface area contributed by atoms with Gasteiger partial charge in [-0.2, -0.15) is 15.2 Å². The second-order valence-electron chi connectivity index (χ2n) is 5.12. The summed E-state index contributed by atoms with van der Waals surface area (Å²) in [6, 6.07) is 0. The fourth-order valence-corrected chi connectivity index (χ4v) is 1.85. The highest BCUT2D eigenvalue weighted by molar-refractivity contribution is 7.78. The molecule has 0 heterocycles. The number of hydrogen-bond donors (Lipinski definition) is 0.